The molecular weight excluding hydrogens is 533 g/mol. The van der Waals surface area contributed by atoms with E-state index in [1.165, 1.54) is 0 Å². The minimum Gasteiger partial charge on any atom is -0.324 e. The predicted molar refractivity (Wildman–Crippen MR) is 150 cm³/mol. The van der Waals surface area contributed by atoms with Crippen molar-refractivity contribution in [3.8, 4) is 0 Å². The lowest BCUT2D eigenvalue weighted by molar-refractivity contribution is -0.137. The van der Waals surface area contributed by atoms with E-state index in [1.807, 2.05) is 43.0 Å². The Hall–Kier alpha value is -5.13. The molecule has 0 bridgehead atoms. The Morgan fingerprint density at radius 3 is 2.61 bits per heavy atom. The van der Waals surface area contributed by atoms with Gasteiger partial charge in [0.05, 0.1) is 12.1 Å². The number of benzene rings is 1. The summed E-state index contributed by atoms with van der Waals surface area (Å²) in [5.74, 6) is 1.17. The molecule has 0 unspecified atom stereocenters. The van der Waals surface area contributed by atoms with E-state index in [1.54, 1.807) is 24.5 Å². The third-order valence-electron chi connectivity index (χ3n) is 6.69. The molecule has 0 saturated heterocycles. The fourth-order valence-electron chi connectivity index (χ4n) is 4.73. The first-order valence-corrected chi connectivity index (χ1v) is 12.7. The van der Waals surface area contributed by atoms with E-state index in [2.05, 4.69) is 25.6 Å². The quantitative estimate of drug-likeness (QED) is 0.326. The number of amides is 1. The summed E-state index contributed by atoms with van der Waals surface area (Å²) in [5, 5.41) is 5.89. The molecule has 9 nitrogen and oxygen atoms in total. The molecule has 0 radical (unpaired) electrons. The van der Waals surface area contributed by atoms with Crippen LogP contribution in [0.5, 0.6) is 0 Å². The summed E-state index contributed by atoms with van der Waals surface area (Å²) >= 11 is 0. The van der Waals surface area contributed by atoms with Gasteiger partial charge in [-0.1, -0.05) is 6.07 Å². The predicted octanol–water partition coefficient (Wildman–Crippen LogP) is 5.67. The monoisotopic (exact) mass is 556 g/mol. The van der Waals surface area contributed by atoms with Gasteiger partial charge in [-0.25, -0.2) is 4.98 Å². The summed E-state index contributed by atoms with van der Waals surface area (Å²) < 4.78 is 39.3. The zero-order valence-corrected chi connectivity index (χ0v) is 22.0. The molecule has 41 heavy (non-hydrogen) atoms. The number of aryl methyl sites for hydroxylation is 2. The molecule has 0 aliphatic carbocycles. The number of aromatic nitrogens is 4. The number of aliphatic imine (C=N–C) groups is 1. The number of hydrogen-bond donors (Lipinski definition) is 2. The normalized spacial score (nSPS) is 14.1. The van der Waals surface area contributed by atoms with E-state index < -0.39 is 17.6 Å². The van der Waals surface area contributed by atoms with Crippen LogP contribution < -0.4 is 15.5 Å². The Morgan fingerprint density at radius 2 is 1.80 bits per heavy atom. The number of nitrogens with zero attached hydrogens (tertiary/aromatic N) is 6. The second kappa shape index (κ2) is 10.1. The number of amidine groups is 1. The van der Waals surface area contributed by atoms with Gasteiger partial charge in [0.2, 0.25) is 5.95 Å². The Balaban J connectivity index is 1.31. The minimum atomic E-state index is -4.58. The second-order valence-corrected chi connectivity index (χ2v) is 9.61. The molecule has 1 aromatic carbocycles. The molecular formula is C29H23F3N8O. The van der Waals surface area contributed by atoms with Crippen molar-refractivity contribution in [2.75, 3.05) is 28.6 Å². The van der Waals surface area contributed by atoms with Gasteiger partial charge in [0.15, 0.2) is 0 Å². The second-order valence-electron chi connectivity index (χ2n) is 9.61. The molecule has 0 fully saturated rings. The summed E-state index contributed by atoms with van der Waals surface area (Å²) in [6.45, 7) is 5.06. The highest BCUT2D eigenvalue weighted by molar-refractivity contribution is 6.36. The third kappa shape index (κ3) is 5.23. The molecule has 6 rings (SSSR count). The number of carbonyl (C=O) groups excluding carboxylic acids is 1. The van der Waals surface area contributed by atoms with Crippen molar-refractivity contribution in [2.24, 2.45) is 4.99 Å². The van der Waals surface area contributed by atoms with Crippen LogP contribution in [0.1, 0.15) is 38.4 Å². The molecule has 4 aromatic rings. The molecule has 3 aromatic heterocycles. The molecule has 1 amide bonds. The maximum atomic E-state index is 13.1. The Kier molecular flexibility index (Phi) is 6.45. The number of halogens is 3. The van der Waals surface area contributed by atoms with Crippen LogP contribution in [-0.4, -0.2) is 44.8 Å². The first-order chi connectivity index (χ1) is 19.7. The van der Waals surface area contributed by atoms with Crippen molar-refractivity contribution in [1.29, 1.82) is 0 Å². The van der Waals surface area contributed by atoms with E-state index in [4.69, 9.17) is 9.98 Å². The van der Waals surface area contributed by atoms with Gasteiger partial charge in [-0.2, -0.15) is 18.2 Å². The van der Waals surface area contributed by atoms with Crippen LogP contribution >= 0.6 is 0 Å². The van der Waals surface area contributed by atoms with Crippen LogP contribution in [0.3, 0.4) is 0 Å². The molecule has 2 aliphatic rings. The van der Waals surface area contributed by atoms with Crippen LogP contribution in [0.2, 0.25) is 0 Å². The molecule has 0 atom stereocenters. The van der Waals surface area contributed by atoms with E-state index in [-0.39, 0.29) is 5.69 Å². The van der Waals surface area contributed by atoms with Crippen molar-refractivity contribution in [3.63, 3.8) is 0 Å². The number of hydrogen-bond acceptors (Lipinski definition) is 8. The summed E-state index contributed by atoms with van der Waals surface area (Å²) in [6.07, 6.45) is 1.81. The van der Waals surface area contributed by atoms with Crippen molar-refractivity contribution >= 4 is 46.5 Å². The highest BCUT2D eigenvalue weighted by Gasteiger charge is 2.32. The molecule has 0 spiro atoms. The van der Waals surface area contributed by atoms with Crippen molar-refractivity contribution < 1.29 is 18.0 Å². The molecule has 2 aliphatic heterocycles. The van der Waals surface area contributed by atoms with Gasteiger partial charge >= 0.3 is 6.18 Å². The van der Waals surface area contributed by atoms with Crippen molar-refractivity contribution in [1.82, 2.24) is 19.9 Å². The van der Waals surface area contributed by atoms with Gasteiger partial charge in [0.1, 0.15) is 17.3 Å². The van der Waals surface area contributed by atoms with Crippen LogP contribution in [0.4, 0.5) is 36.3 Å². The van der Waals surface area contributed by atoms with Gasteiger partial charge in [0.25, 0.3) is 5.91 Å². The smallest absolute Gasteiger partial charge is 0.324 e. The van der Waals surface area contributed by atoms with Crippen LogP contribution in [-0.2, 0) is 6.18 Å². The zero-order chi connectivity index (χ0) is 28.7. The van der Waals surface area contributed by atoms with E-state index in [0.717, 1.165) is 63.6 Å². The number of carbonyl (C=O) groups is 1. The topological polar surface area (TPSA) is 108 Å². The fourth-order valence-corrected chi connectivity index (χ4v) is 4.73. The van der Waals surface area contributed by atoms with Gasteiger partial charge in [-0.05, 0) is 67.4 Å². The number of fused-ring (bicyclic) bond motifs is 3. The first-order valence-electron chi connectivity index (χ1n) is 12.7. The Labute approximate surface area is 232 Å². The highest BCUT2D eigenvalue weighted by atomic mass is 19.4. The molecule has 0 saturated carbocycles. The Bertz CT molecular complexity index is 1750. The summed E-state index contributed by atoms with van der Waals surface area (Å²) in [4.78, 5) is 36.8. The average Bonchev–Trinajstić information content (AvgIpc) is 3.44. The third-order valence-corrected chi connectivity index (χ3v) is 6.69. The van der Waals surface area contributed by atoms with Gasteiger partial charge < -0.3 is 15.5 Å². The molecule has 5 heterocycles. The molecule has 12 heteroatoms. The number of alkyl halides is 3. The number of nitrogens with one attached hydrogen (secondary N) is 2. The van der Waals surface area contributed by atoms with Crippen LogP contribution in [0.15, 0.2) is 66.0 Å². The maximum Gasteiger partial charge on any atom is 0.416 e. The van der Waals surface area contributed by atoms with E-state index in [9.17, 15) is 18.0 Å². The van der Waals surface area contributed by atoms with Crippen LogP contribution in [0, 0.1) is 13.8 Å². The Morgan fingerprint density at radius 1 is 0.976 bits per heavy atom. The van der Waals surface area contributed by atoms with E-state index in [0.29, 0.717) is 24.7 Å². The molecule has 206 valence electrons. The largest absolute Gasteiger partial charge is 0.416 e. The number of anilines is 4. The van der Waals surface area contributed by atoms with E-state index >= 15 is 0 Å². The fraction of sp³-hybridized carbons (Fsp3) is 0.172. The van der Waals surface area contributed by atoms with Gasteiger partial charge in [0, 0.05) is 53.3 Å². The lowest BCUT2D eigenvalue weighted by Gasteiger charge is -2.28. The zero-order valence-electron chi connectivity index (χ0n) is 22.0. The molecule has 2 N–H and O–H groups in total. The summed E-state index contributed by atoms with van der Waals surface area (Å²) in [6, 6.07) is 10.6. The number of pyridine rings is 2. The lowest BCUT2D eigenvalue weighted by atomic mass is 9.94. The van der Waals surface area contributed by atoms with Gasteiger partial charge in [-0.15, -0.1) is 0 Å². The van der Waals surface area contributed by atoms with Crippen molar-refractivity contribution in [2.45, 2.75) is 20.0 Å². The summed E-state index contributed by atoms with van der Waals surface area (Å²) in [5.41, 5.74) is 4.21. The van der Waals surface area contributed by atoms with Crippen molar-refractivity contribution in [3.05, 3.63) is 94.7 Å². The van der Waals surface area contributed by atoms with Gasteiger partial charge in [-0.3, -0.25) is 19.8 Å². The lowest BCUT2D eigenvalue weighted by Crippen LogP contribution is -2.32. The summed E-state index contributed by atoms with van der Waals surface area (Å²) in [7, 11) is 0. The standard InChI is InChI=1S/C29H23F3N8O/c1-16-3-4-20(37-27(41)24-13-19(5-7-34-24)29(30,31)32)14-22(16)23-12-18-15-36-28(38-21-6-8-33-17(2)11-21)39-25(18)40-10-9-35-26(23)40/h3-8,11-15H,9-10H2,1-2H3,(H,37,41)(H,33,36,38,39). The first kappa shape index (κ1) is 26.1. The SMILES string of the molecule is Cc1cc(Nc2ncc3c(n2)N2CCN=C2C(c2cc(NC(=O)c4cc(C(F)(F)F)ccn4)ccc2C)=C3)ccn1. The van der Waals surface area contributed by atoms with Crippen LogP contribution in [0.25, 0.3) is 11.6 Å². The average molecular weight is 557 g/mol. The maximum absolute atomic E-state index is 13.1. The minimum absolute atomic E-state index is 0.331. The number of rotatable bonds is 5. The highest BCUT2D eigenvalue weighted by Crippen LogP contribution is 2.37.